The second-order valence-electron chi connectivity index (χ2n) is 8.96. The molecule has 1 fully saturated rings. The molecule has 1 aliphatic heterocycles. The minimum Gasteiger partial charge on any atom is -0.462 e. The number of ether oxygens (including phenoxy) is 2. The standard InChI is InChI=1S/C22H27ClFN6O8P/c1-11(2)36-19(33)12(3)29-39(34,38-13-7-5-4-6-8-13)35-9-14-16(31)22(23,24)20(37-14)30-10-26-15-17(30)27-21(25)28-18(15)32/h4-8,10-12,14,16,20,31H,9H2,1-3H3,(H,29,34)(H3,25,27,28,32)/t12-,14+,16+,20+,22+,39?/m0/s1. The summed E-state index contributed by atoms with van der Waals surface area (Å²) >= 11 is 6.04. The van der Waals surface area contributed by atoms with Gasteiger partial charge in [-0.3, -0.25) is 23.7 Å². The molecule has 1 aliphatic rings. The lowest BCUT2D eigenvalue weighted by Crippen LogP contribution is -2.40. The van der Waals surface area contributed by atoms with Gasteiger partial charge in [0.25, 0.3) is 10.7 Å². The number of aliphatic hydroxyl groups excluding tert-OH is 1. The molecule has 2 aromatic heterocycles. The average molecular weight is 589 g/mol. The van der Waals surface area contributed by atoms with E-state index in [4.69, 9.17) is 35.9 Å². The number of nitrogens with one attached hydrogen (secondary N) is 2. The number of para-hydroxylation sites is 1. The number of nitrogens with two attached hydrogens (primary N) is 1. The fourth-order valence-corrected chi connectivity index (χ4v) is 5.53. The molecule has 0 aliphatic carbocycles. The van der Waals surface area contributed by atoms with Crippen LogP contribution < -0.4 is 20.9 Å². The number of halogens is 2. The second kappa shape index (κ2) is 11.2. The average Bonchev–Trinajstić information content (AvgIpc) is 3.36. The number of alkyl halides is 2. The molecule has 5 N–H and O–H groups in total. The number of aromatic amines is 1. The molecule has 212 valence electrons. The summed E-state index contributed by atoms with van der Waals surface area (Å²) < 4.78 is 52.0. The van der Waals surface area contributed by atoms with Crippen molar-refractivity contribution < 1.29 is 37.4 Å². The fraction of sp³-hybridized carbons (Fsp3) is 0.455. The van der Waals surface area contributed by atoms with Crippen LogP contribution in [-0.4, -0.2) is 66.7 Å². The summed E-state index contributed by atoms with van der Waals surface area (Å²) in [6.45, 7) is 3.99. The first-order valence-corrected chi connectivity index (χ1v) is 13.6. The van der Waals surface area contributed by atoms with E-state index < -0.39 is 61.6 Å². The number of carbonyl (C=O) groups excluding carboxylic acids is 1. The van der Waals surface area contributed by atoms with Gasteiger partial charge in [-0.15, -0.1) is 0 Å². The van der Waals surface area contributed by atoms with Crippen molar-refractivity contribution in [3.8, 4) is 5.75 Å². The van der Waals surface area contributed by atoms with Gasteiger partial charge in [0.2, 0.25) is 5.95 Å². The van der Waals surface area contributed by atoms with Crippen LogP contribution in [0.25, 0.3) is 11.2 Å². The molecule has 0 bridgehead atoms. The summed E-state index contributed by atoms with van der Waals surface area (Å²) in [5, 5.41) is 10.2. The highest BCUT2D eigenvalue weighted by molar-refractivity contribution is 7.52. The number of imidazole rings is 1. The zero-order valence-corrected chi connectivity index (χ0v) is 22.6. The van der Waals surface area contributed by atoms with Crippen LogP contribution in [0, 0.1) is 0 Å². The Morgan fingerprint density at radius 3 is 2.74 bits per heavy atom. The second-order valence-corrected chi connectivity index (χ2v) is 11.2. The Labute approximate surface area is 226 Å². The van der Waals surface area contributed by atoms with Crippen LogP contribution in [0.5, 0.6) is 5.75 Å². The van der Waals surface area contributed by atoms with Gasteiger partial charge in [-0.2, -0.15) is 10.1 Å². The number of hydrogen-bond acceptors (Lipinski definition) is 11. The number of carbonyl (C=O) groups is 1. The van der Waals surface area contributed by atoms with Gasteiger partial charge in [0.05, 0.1) is 19.0 Å². The largest absolute Gasteiger partial charge is 0.462 e. The lowest BCUT2D eigenvalue weighted by Gasteiger charge is -2.25. The topological polar surface area (TPSA) is 193 Å². The summed E-state index contributed by atoms with van der Waals surface area (Å²) in [6, 6.07) is 6.82. The van der Waals surface area contributed by atoms with Gasteiger partial charge < -0.3 is 24.8 Å². The van der Waals surface area contributed by atoms with Crippen LogP contribution in [0.4, 0.5) is 10.3 Å². The van der Waals surface area contributed by atoms with E-state index in [1.165, 1.54) is 19.1 Å². The van der Waals surface area contributed by atoms with Crippen molar-refractivity contribution in [1.82, 2.24) is 24.6 Å². The number of aromatic nitrogens is 4. The molecular weight excluding hydrogens is 562 g/mol. The number of rotatable bonds is 10. The van der Waals surface area contributed by atoms with Crippen molar-refractivity contribution >= 4 is 42.4 Å². The highest BCUT2D eigenvalue weighted by Gasteiger charge is 2.58. The molecule has 3 aromatic rings. The van der Waals surface area contributed by atoms with Crippen LogP contribution in [0.15, 0.2) is 41.5 Å². The van der Waals surface area contributed by atoms with Gasteiger partial charge in [-0.05, 0) is 32.9 Å². The van der Waals surface area contributed by atoms with Crippen LogP contribution >= 0.6 is 19.3 Å². The van der Waals surface area contributed by atoms with Gasteiger partial charge in [0, 0.05) is 0 Å². The first-order chi connectivity index (χ1) is 18.3. The number of esters is 1. The molecule has 3 heterocycles. The molecule has 0 saturated carbocycles. The summed E-state index contributed by atoms with van der Waals surface area (Å²) in [4.78, 5) is 34.5. The Balaban J connectivity index is 1.56. The van der Waals surface area contributed by atoms with Gasteiger partial charge in [-0.1, -0.05) is 29.8 Å². The van der Waals surface area contributed by atoms with Gasteiger partial charge in [0.15, 0.2) is 17.4 Å². The Morgan fingerprint density at radius 1 is 1.38 bits per heavy atom. The number of anilines is 1. The number of aliphatic hydroxyl groups is 1. The Morgan fingerprint density at radius 2 is 2.08 bits per heavy atom. The third-order valence-corrected chi connectivity index (χ3v) is 7.57. The first-order valence-electron chi connectivity index (χ1n) is 11.7. The molecule has 0 amide bonds. The van der Waals surface area contributed by atoms with E-state index in [0.29, 0.717) is 0 Å². The zero-order valence-electron chi connectivity index (χ0n) is 21.0. The molecule has 39 heavy (non-hydrogen) atoms. The monoisotopic (exact) mass is 588 g/mol. The number of nitrogen functional groups attached to an aromatic ring is 1. The van der Waals surface area contributed by atoms with Crippen LogP contribution in [0.3, 0.4) is 0 Å². The molecule has 1 unspecified atom stereocenters. The fourth-order valence-electron chi connectivity index (χ4n) is 3.73. The summed E-state index contributed by atoms with van der Waals surface area (Å²) in [7, 11) is -4.35. The van der Waals surface area contributed by atoms with Crippen LogP contribution in [0.1, 0.15) is 27.0 Å². The molecule has 1 saturated heterocycles. The number of benzene rings is 1. The van der Waals surface area contributed by atoms with Crippen molar-refractivity contribution in [3.63, 3.8) is 0 Å². The zero-order chi connectivity index (χ0) is 28.5. The molecule has 1 aromatic carbocycles. The number of fused-ring (bicyclic) bond motifs is 1. The SMILES string of the molecule is CC(C)OC(=O)[C@H](C)NP(=O)(OC[C@H]1O[C@@H](n2cnc3c(=O)[nH]c(N)nc32)[C@@](F)(Cl)[C@@H]1O)Oc1ccccc1. The van der Waals surface area contributed by atoms with E-state index in [-0.39, 0.29) is 22.9 Å². The summed E-state index contributed by atoms with van der Waals surface area (Å²) in [5.74, 6) is -0.846. The molecule has 0 spiro atoms. The summed E-state index contributed by atoms with van der Waals surface area (Å²) in [5.41, 5.74) is 4.60. The maximum atomic E-state index is 15.6. The molecule has 6 atom stereocenters. The number of H-pyrrole nitrogens is 1. The molecule has 14 nitrogen and oxygen atoms in total. The number of hydrogen-bond donors (Lipinski definition) is 4. The van der Waals surface area contributed by atoms with Crippen molar-refractivity contribution in [2.24, 2.45) is 0 Å². The van der Waals surface area contributed by atoms with Crippen molar-refractivity contribution in [2.45, 2.75) is 56.5 Å². The Bertz CT molecular complexity index is 1440. The minimum absolute atomic E-state index is 0.138. The smallest absolute Gasteiger partial charge is 0.459 e. The predicted octanol–water partition coefficient (Wildman–Crippen LogP) is 2.00. The van der Waals surface area contributed by atoms with E-state index >= 15 is 4.39 Å². The molecular formula is C22H27ClFN6O8P. The maximum absolute atomic E-state index is 15.6. The van der Waals surface area contributed by atoms with E-state index in [9.17, 15) is 19.3 Å². The van der Waals surface area contributed by atoms with Gasteiger partial charge in [-0.25, -0.2) is 13.9 Å². The van der Waals surface area contributed by atoms with E-state index in [1.807, 2.05) is 0 Å². The quantitative estimate of drug-likeness (QED) is 0.153. The van der Waals surface area contributed by atoms with Gasteiger partial charge in [0.1, 0.15) is 24.0 Å². The lowest BCUT2D eigenvalue weighted by atomic mass is 10.1. The Hall–Kier alpha value is -3.07. The van der Waals surface area contributed by atoms with Crippen LogP contribution in [0.2, 0.25) is 0 Å². The summed E-state index contributed by atoms with van der Waals surface area (Å²) in [6.07, 6.45) is -4.60. The molecule has 0 radical (unpaired) electrons. The van der Waals surface area contributed by atoms with E-state index in [2.05, 4.69) is 20.0 Å². The third kappa shape index (κ3) is 6.24. The molecule has 4 rings (SSSR count). The minimum atomic E-state index is -4.35. The van der Waals surface area contributed by atoms with E-state index in [0.717, 1.165) is 10.9 Å². The maximum Gasteiger partial charge on any atom is 0.459 e. The highest BCUT2D eigenvalue weighted by Crippen LogP contribution is 2.49. The van der Waals surface area contributed by atoms with Crippen molar-refractivity contribution in [1.29, 1.82) is 0 Å². The Kier molecular flexibility index (Phi) is 8.30. The predicted molar refractivity (Wildman–Crippen MR) is 137 cm³/mol. The van der Waals surface area contributed by atoms with Crippen molar-refractivity contribution in [3.05, 3.63) is 47.0 Å². The first kappa shape index (κ1) is 28.9. The van der Waals surface area contributed by atoms with E-state index in [1.54, 1.807) is 32.0 Å². The third-order valence-electron chi connectivity index (χ3n) is 5.52. The normalized spacial score (nSPS) is 25.5. The highest BCUT2D eigenvalue weighted by atomic mass is 35.5. The molecule has 17 heteroatoms. The van der Waals surface area contributed by atoms with Crippen LogP contribution in [-0.2, 0) is 23.4 Å². The number of nitrogens with zero attached hydrogens (tertiary/aromatic N) is 3. The van der Waals surface area contributed by atoms with Crippen molar-refractivity contribution in [2.75, 3.05) is 12.3 Å². The van der Waals surface area contributed by atoms with Gasteiger partial charge >= 0.3 is 13.7 Å². The lowest BCUT2D eigenvalue weighted by molar-refractivity contribution is -0.149.